The summed E-state index contributed by atoms with van der Waals surface area (Å²) < 4.78 is 38.4. The van der Waals surface area contributed by atoms with Gasteiger partial charge in [-0.05, 0) is 36.4 Å². The van der Waals surface area contributed by atoms with Gasteiger partial charge in [0.1, 0.15) is 23.1 Å². The number of alkyl halides is 2. The SMILES string of the molecule is CC1(C)CN(c2ccc(Oc3ccccc3)cc2)c2nc(COC(=N)N3CCC(F)(F)CC3)nc(N)c21. The Hall–Kier alpha value is -3.95. The number of hydrogen-bond donors (Lipinski definition) is 2. The number of benzene rings is 2. The average Bonchev–Trinajstić information content (AvgIpc) is 3.14. The van der Waals surface area contributed by atoms with E-state index in [1.807, 2.05) is 54.6 Å². The number of halogens is 2. The van der Waals surface area contributed by atoms with Crippen LogP contribution in [0.5, 0.6) is 11.5 Å². The molecule has 2 aliphatic rings. The number of nitrogens with two attached hydrogens (primary N) is 1. The van der Waals surface area contributed by atoms with Crippen molar-refractivity contribution in [3.63, 3.8) is 0 Å². The molecule has 5 rings (SSSR count). The van der Waals surface area contributed by atoms with Crippen molar-refractivity contribution in [1.82, 2.24) is 14.9 Å². The number of nitrogens with one attached hydrogen (secondary N) is 1. The maximum atomic E-state index is 13.4. The highest BCUT2D eigenvalue weighted by Crippen LogP contribution is 2.45. The Morgan fingerprint density at radius 2 is 1.65 bits per heavy atom. The van der Waals surface area contributed by atoms with Gasteiger partial charge in [0, 0.05) is 49.1 Å². The van der Waals surface area contributed by atoms with Crippen molar-refractivity contribution in [2.24, 2.45) is 0 Å². The van der Waals surface area contributed by atoms with E-state index in [9.17, 15) is 8.78 Å². The summed E-state index contributed by atoms with van der Waals surface area (Å²) in [6.45, 7) is 4.91. The van der Waals surface area contributed by atoms with Crippen LogP contribution in [0.25, 0.3) is 0 Å². The third-order valence-electron chi connectivity index (χ3n) is 6.70. The average molecular weight is 509 g/mol. The fourth-order valence-electron chi connectivity index (χ4n) is 4.76. The van der Waals surface area contributed by atoms with Gasteiger partial charge in [-0.25, -0.2) is 18.7 Å². The van der Waals surface area contributed by atoms with Crippen molar-refractivity contribution in [1.29, 1.82) is 5.41 Å². The Balaban J connectivity index is 1.32. The van der Waals surface area contributed by atoms with E-state index in [0.29, 0.717) is 24.0 Å². The summed E-state index contributed by atoms with van der Waals surface area (Å²) in [4.78, 5) is 12.8. The molecule has 0 saturated carbocycles. The quantitative estimate of drug-likeness (QED) is 0.349. The Kier molecular flexibility index (Phi) is 6.35. The largest absolute Gasteiger partial charge is 0.457 e. The molecule has 2 aromatic carbocycles. The Morgan fingerprint density at radius 3 is 2.32 bits per heavy atom. The minimum Gasteiger partial charge on any atom is -0.457 e. The lowest BCUT2D eigenvalue weighted by Gasteiger charge is -2.32. The molecular weight excluding hydrogens is 478 g/mol. The van der Waals surface area contributed by atoms with Crippen molar-refractivity contribution in [2.45, 2.75) is 44.6 Å². The maximum Gasteiger partial charge on any atom is 0.284 e. The van der Waals surface area contributed by atoms with Crippen molar-refractivity contribution in [2.75, 3.05) is 30.3 Å². The van der Waals surface area contributed by atoms with Gasteiger partial charge in [-0.3, -0.25) is 5.41 Å². The number of amidine groups is 1. The number of nitrogen functional groups attached to an aromatic ring is 1. The Labute approximate surface area is 214 Å². The number of anilines is 3. The highest BCUT2D eigenvalue weighted by molar-refractivity contribution is 5.74. The minimum atomic E-state index is -2.68. The van der Waals surface area contributed by atoms with Gasteiger partial charge in [-0.15, -0.1) is 0 Å². The van der Waals surface area contributed by atoms with Crippen LogP contribution >= 0.6 is 0 Å². The Morgan fingerprint density at radius 1 is 1.00 bits per heavy atom. The van der Waals surface area contributed by atoms with Gasteiger partial charge in [0.2, 0.25) is 0 Å². The predicted octanol–water partition coefficient (Wildman–Crippen LogP) is 5.46. The standard InChI is InChI=1S/C27H30F2N6O2/c1-26(2)17-35(18-8-10-20(11-9-18)37-19-6-4-3-5-7-19)24-22(26)23(30)32-21(33-24)16-36-25(31)34-14-12-27(28,29)13-15-34/h3-11,31H,12-17H2,1-2H3,(H2,30,32,33). The number of hydrogen-bond acceptors (Lipinski definition) is 7. The molecule has 0 spiro atoms. The molecule has 37 heavy (non-hydrogen) atoms. The van der Waals surface area contributed by atoms with Crippen LogP contribution in [0.3, 0.4) is 0 Å². The molecule has 1 aromatic heterocycles. The molecule has 1 fully saturated rings. The third kappa shape index (κ3) is 5.28. The molecule has 10 heteroatoms. The second-order valence-electron chi connectivity index (χ2n) is 10.0. The molecule has 194 valence electrons. The smallest absolute Gasteiger partial charge is 0.284 e. The van der Waals surface area contributed by atoms with Gasteiger partial charge < -0.3 is 25.0 Å². The van der Waals surface area contributed by atoms with Crippen LogP contribution in [0.1, 0.15) is 38.1 Å². The summed E-state index contributed by atoms with van der Waals surface area (Å²) in [5.41, 5.74) is 7.87. The van der Waals surface area contributed by atoms with E-state index < -0.39 is 5.92 Å². The molecule has 8 nitrogen and oxygen atoms in total. The second-order valence-corrected chi connectivity index (χ2v) is 10.0. The summed E-state index contributed by atoms with van der Waals surface area (Å²) in [5.74, 6) is 0.184. The van der Waals surface area contributed by atoms with Gasteiger partial charge in [0.05, 0.1) is 0 Å². The van der Waals surface area contributed by atoms with Crippen LogP contribution in [-0.4, -0.2) is 46.4 Å². The van der Waals surface area contributed by atoms with E-state index in [1.54, 1.807) is 0 Å². The lowest BCUT2D eigenvalue weighted by atomic mass is 9.88. The van der Waals surface area contributed by atoms with Gasteiger partial charge in [0.15, 0.2) is 12.4 Å². The zero-order valence-corrected chi connectivity index (χ0v) is 20.9. The normalized spacial score (nSPS) is 17.8. The summed E-state index contributed by atoms with van der Waals surface area (Å²) >= 11 is 0. The number of piperidine rings is 1. The molecule has 0 atom stereocenters. The highest BCUT2D eigenvalue weighted by Gasteiger charge is 2.40. The molecule has 2 aliphatic heterocycles. The second kappa shape index (κ2) is 9.49. The molecule has 0 amide bonds. The van der Waals surface area contributed by atoms with Gasteiger partial charge in [0.25, 0.3) is 11.9 Å². The number of nitrogens with zero attached hydrogens (tertiary/aromatic N) is 4. The van der Waals surface area contributed by atoms with Crippen LogP contribution in [0.15, 0.2) is 54.6 Å². The first-order chi connectivity index (χ1) is 17.6. The van der Waals surface area contributed by atoms with Gasteiger partial charge >= 0.3 is 0 Å². The first-order valence-corrected chi connectivity index (χ1v) is 12.2. The van der Waals surface area contributed by atoms with E-state index in [2.05, 4.69) is 23.7 Å². The zero-order valence-electron chi connectivity index (χ0n) is 20.9. The molecule has 3 aromatic rings. The minimum absolute atomic E-state index is 0.0744. The van der Waals surface area contributed by atoms with Crippen LogP contribution < -0.4 is 15.4 Å². The summed E-state index contributed by atoms with van der Waals surface area (Å²) in [5, 5.41) is 8.16. The molecule has 0 aliphatic carbocycles. The van der Waals surface area contributed by atoms with E-state index in [-0.39, 0.29) is 44.0 Å². The first-order valence-electron chi connectivity index (χ1n) is 12.2. The van der Waals surface area contributed by atoms with Crippen molar-refractivity contribution < 1.29 is 18.3 Å². The number of ether oxygens (including phenoxy) is 2. The zero-order chi connectivity index (χ0) is 26.2. The summed E-state index contributed by atoms with van der Waals surface area (Å²) in [7, 11) is 0. The number of likely N-dealkylation sites (tertiary alicyclic amines) is 1. The summed E-state index contributed by atoms with van der Waals surface area (Å²) in [6.07, 6.45) is -0.583. The lowest BCUT2D eigenvalue weighted by molar-refractivity contribution is -0.0472. The molecule has 3 N–H and O–H groups in total. The Bertz CT molecular complexity index is 1270. The van der Waals surface area contributed by atoms with Gasteiger partial charge in [-0.1, -0.05) is 32.0 Å². The fraction of sp³-hybridized carbons (Fsp3) is 0.370. The first kappa shape index (κ1) is 24.7. The van der Waals surface area contributed by atoms with Crippen molar-refractivity contribution in [3.8, 4) is 11.5 Å². The van der Waals surface area contributed by atoms with Crippen LogP contribution in [0.2, 0.25) is 0 Å². The van der Waals surface area contributed by atoms with Crippen LogP contribution in [-0.2, 0) is 16.8 Å². The van der Waals surface area contributed by atoms with Gasteiger partial charge in [-0.2, -0.15) is 0 Å². The van der Waals surface area contributed by atoms with Crippen LogP contribution in [0.4, 0.5) is 26.1 Å². The number of fused-ring (bicyclic) bond motifs is 1. The molecule has 0 radical (unpaired) electrons. The number of aromatic nitrogens is 2. The molecular formula is C27H30F2N6O2. The molecule has 0 bridgehead atoms. The van der Waals surface area contributed by atoms with Crippen molar-refractivity contribution >= 4 is 23.3 Å². The topological polar surface area (TPSA) is 101 Å². The number of rotatable bonds is 5. The van der Waals surface area contributed by atoms with E-state index in [0.717, 1.165) is 22.7 Å². The lowest BCUT2D eigenvalue weighted by Crippen LogP contribution is -2.43. The van der Waals surface area contributed by atoms with E-state index in [4.69, 9.17) is 25.6 Å². The third-order valence-corrected chi connectivity index (χ3v) is 6.70. The molecule has 1 saturated heterocycles. The van der Waals surface area contributed by atoms with Crippen LogP contribution in [0, 0.1) is 5.41 Å². The van der Waals surface area contributed by atoms with E-state index in [1.165, 1.54) is 4.90 Å². The summed E-state index contributed by atoms with van der Waals surface area (Å²) in [6, 6.07) is 17.2. The maximum absolute atomic E-state index is 13.4. The molecule has 3 heterocycles. The number of para-hydroxylation sites is 1. The van der Waals surface area contributed by atoms with Crippen molar-refractivity contribution in [3.05, 3.63) is 66.0 Å². The van der Waals surface area contributed by atoms with E-state index >= 15 is 0 Å². The molecule has 0 unspecified atom stereocenters. The fourth-order valence-corrected chi connectivity index (χ4v) is 4.76. The predicted molar refractivity (Wildman–Crippen MR) is 138 cm³/mol. The highest BCUT2D eigenvalue weighted by atomic mass is 19.3. The monoisotopic (exact) mass is 508 g/mol.